The molecule has 1 aliphatic rings. The van der Waals surface area contributed by atoms with E-state index >= 15 is 0 Å². The van der Waals surface area contributed by atoms with Gasteiger partial charge in [0.15, 0.2) is 11.6 Å². The Kier molecular flexibility index (Phi) is 2.67. The molecule has 0 saturated heterocycles. The van der Waals surface area contributed by atoms with Crippen molar-refractivity contribution in [1.82, 2.24) is 9.97 Å². The van der Waals surface area contributed by atoms with E-state index in [2.05, 4.69) is 9.97 Å². The number of para-hydroxylation sites is 1. The largest absolute Gasteiger partial charge is 0.320 e. The van der Waals surface area contributed by atoms with Gasteiger partial charge in [-0.3, -0.25) is 0 Å². The highest BCUT2D eigenvalue weighted by atomic mass is 35.5. The normalized spacial score (nSPS) is 17.9. The number of fused-ring (bicyclic) bond motifs is 1. The van der Waals surface area contributed by atoms with Crippen LogP contribution in [0.2, 0.25) is 5.28 Å². The van der Waals surface area contributed by atoms with Crippen molar-refractivity contribution in [2.24, 2.45) is 0 Å². The van der Waals surface area contributed by atoms with E-state index in [1.807, 2.05) is 36.1 Å². The van der Waals surface area contributed by atoms with Gasteiger partial charge in [0.05, 0.1) is 6.20 Å². The fourth-order valence-electron chi connectivity index (χ4n) is 2.39. The van der Waals surface area contributed by atoms with Gasteiger partial charge in [0.25, 0.3) is 0 Å². The first-order valence-electron chi connectivity index (χ1n) is 5.72. The van der Waals surface area contributed by atoms with Crippen LogP contribution in [0.15, 0.2) is 30.5 Å². The quantitative estimate of drug-likeness (QED) is 0.739. The molecule has 1 aromatic heterocycles. The SMILES string of the molecule is CC1Cc2ccccc2N1c1nc(Cl)ncc1F. The van der Waals surface area contributed by atoms with Crippen molar-refractivity contribution < 1.29 is 4.39 Å². The molecule has 0 fully saturated rings. The van der Waals surface area contributed by atoms with Crippen LogP contribution < -0.4 is 4.90 Å². The van der Waals surface area contributed by atoms with Crippen molar-refractivity contribution in [3.8, 4) is 0 Å². The second kappa shape index (κ2) is 4.21. The van der Waals surface area contributed by atoms with Gasteiger partial charge in [-0.1, -0.05) is 18.2 Å². The third kappa shape index (κ3) is 1.73. The first kappa shape index (κ1) is 11.4. The topological polar surface area (TPSA) is 29.0 Å². The minimum absolute atomic E-state index is 0.0583. The van der Waals surface area contributed by atoms with Gasteiger partial charge in [-0.15, -0.1) is 0 Å². The number of nitrogens with zero attached hydrogens (tertiary/aromatic N) is 3. The van der Waals surface area contributed by atoms with Gasteiger partial charge in [-0.25, -0.2) is 9.37 Å². The van der Waals surface area contributed by atoms with E-state index in [1.54, 1.807) is 0 Å². The second-order valence-electron chi connectivity index (χ2n) is 4.36. The molecule has 18 heavy (non-hydrogen) atoms. The van der Waals surface area contributed by atoms with Crippen LogP contribution in [0.4, 0.5) is 15.9 Å². The molecule has 0 aliphatic carbocycles. The Morgan fingerprint density at radius 2 is 2.17 bits per heavy atom. The molecule has 2 heterocycles. The maximum absolute atomic E-state index is 13.9. The van der Waals surface area contributed by atoms with Crippen LogP contribution in [0.25, 0.3) is 0 Å². The summed E-state index contributed by atoms with van der Waals surface area (Å²) in [6.45, 7) is 2.04. The van der Waals surface area contributed by atoms with Crippen molar-refractivity contribution in [3.05, 3.63) is 47.1 Å². The van der Waals surface area contributed by atoms with Gasteiger partial charge < -0.3 is 4.90 Å². The molecule has 0 N–H and O–H groups in total. The number of aromatic nitrogens is 2. The molecule has 1 unspecified atom stereocenters. The molecule has 0 saturated carbocycles. The number of anilines is 2. The lowest BCUT2D eigenvalue weighted by atomic mass is 10.1. The molecule has 3 rings (SSSR count). The monoisotopic (exact) mass is 263 g/mol. The third-order valence-electron chi connectivity index (χ3n) is 3.13. The molecule has 92 valence electrons. The summed E-state index contributed by atoms with van der Waals surface area (Å²) in [5.41, 5.74) is 2.18. The number of hydrogen-bond donors (Lipinski definition) is 0. The Balaban J connectivity index is 2.14. The molecule has 1 atom stereocenters. The van der Waals surface area contributed by atoms with E-state index in [4.69, 9.17) is 11.6 Å². The predicted molar refractivity (Wildman–Crippen MR) is 68.7 cm³/mol. The summed E-state index contributed by atoms with van der Waals surface area (Å²) in [5.74, 6) is -0.213. The molecular weight excluding hydrogens is 253 g/mol. The summed E-state index contributed by atoms with van der Waals surface area (Å²) in [4.78, 5) is 9.53. The molecule has 0 amide bonds. The fourth-order valence-corrected chi connectivity index (χ4v) is 2.52. The van der Waals surface area contributed by atoms with Crippen LogP contribution in [0.5, 0.6) is 0 Å². The molecule has 5 heteroatoms. The van der Waals surface area contributed by atoms with E-state index < -0.39 is 5.82 Å². The molecule has 1 aromatic carbocycles. The van der Waals surface area contributed by atoms with Crippen LogP contribution in [0, 0.1) is 5.82 Å². The lowest BCUT2D eigenvalue weighted by Crippen LogP contribution is -2.26. The zero-order valence-electron chi connectivity index (χ0n) is 9.77. The summed E-state index contributed by atoms with van der Waals surface area (Å²) in [6, 6.07) is 8.09. The highest BCUT2D eigenvalue weighted by molar-refractivity contribution is 6.28. The maximum atomic E-state index is 13.9. The van der Waals surface area contributed by atoms with Crippen LogP contribution in [-0.2, 0) is 6.42 Å². The van der Waals surface area contributed by atoms with Crippen molar-refractivity contribution >= 4 is 23.1 Å². The Labute approximate surface area is 109 Å². The number of rotatable bonds is 1. The zero-order valence-corrected chi connectivity index (χ0v) is 10.5. The van der Waals surface area contributed by atoms with Crippen molar-refractivity contribution in [2.45, 2.75) is 19.4 Å². The Hall–Kier alpha value is -1.68. The smallest absolute Gasteiger partial charge is 0.224 e. The highest BCUT2D eigenvalue weighted by Crippen LogP contribution is 2.38. The predicted octanol–water partition coefficient (Wildman–Crippen LogP) is 3.35. The highest BCUT2D eigenvalue weighted by Gasteiger charge is 2.29. The molecule has 0 bridgehead atoms. The average Bonchev–Trinajstić information content (AvgIpc) is 2.68. The van der Waals surface area contributed by atoms with Gasteiger partial charge in [-0.05, 0) is 36.6 Å². The molecule has 1 aliphatic heterocycles. The minimum atomic E-state index is -0.456. The van der Waals surface area contributed by atoms with Crippen LogP contribution in [-0.4, -0.2) is 16.0 Å². The van der Waals surface area contributed by atoms with Gasteiger partial charge in [0.1, 0.15) is 0 Å². The van der Waals surface area contributed by atoms with Gasteiger partial charge >= 0.3 is 0 Å². The van der Waals surface area contributed by atoms with E-state index in [9.17, 15) is 4.39 Å². The number of halogens is 2. The van der Waals surface area contributed by atoms with Gasteiger partial charge in [0.2, 0.25) is 5.28 Å². The van der Waals surface area contributed by atoms with Crippen LogP contribution in [0.1, 0.15) is 12.5 Å². The van der Waals surface area contributed by atoms with Crippen LogP contribution >= 0.6 is 11.6 Å². The summed E-state index contributed by atoms with van der Waals surface area (Å²) in [6.07, 6.45) is 1.98. The average molecular weight is 264 g/mol. The molecule has 0 radical (unpaired) electrons. The van der Waals surface area contributed by atoms with E-state index in [0.717, 1.165) is 18.3 Å². The fraction of sp³-hybridized carbons (Fsp3) is 0.231. The Morgan fingerprint density at radius 1 is 1.39 bits per heavy atom. The first-order chi connectivity index (χ1) is 8.66. The second-order valence-corrected chi connectivity index (χ2v) is 4.70. The third-order valence-corrected chi connectivity index (χ3v) is 3.31. The van der Waals surface area contributed by atoms with E-state index in [-0.39, 0.29) is 17.1 Å². The van der Waals surface area contributed by atoms with Crippen LogP contribution in [0.3, 0.4) is 0 Å². The summed E-state index contributed by atoms with van der Waals surface area (Å²) < 4.78 is 13.9. The summed E-state index contributed by atoms with van der Waals surface area (Å²) in [5, 5.41) is 0.0583. The maximum Gasteiger partial charge on any atom is 0.224 e. The lowest BCUT2D eigenvalue weighted by Gasteiger charge is -2.23. The van der Waals surface area contributed by atoms with Gasteiger partial charge in [-0.2, -0.15) is 4.98 Å². The Bertz CT molecular complexity index is 603. The van der Waals surface area contributed by atoms with E-state index in [1.165, 1.54) is 5.56 Å². The van der Waals surface area contributed by atoms with Crippen molar-refractivity contribution in [1.29, 1.82) is 0 Å². The molecule has 3 nitrogen and oxygen atoms in total. The standard InChI is InChI=1S/C13H11ClFN3/c1-8-6-9-4-2-3-5-11(9)18(8)12-10(15)7-16-13(14)17-12/h2-5,7-8H,6H2,1H3. The summed E-state index contributed by atoms with van der Waals surface area (Å²) in [7, 11) is 0. The zero-order chi connectivity index (χ0) is 12.7. The number of hydrogen-bond acceptors (Lipinski definition) is 3. The van der Waals surface area contributed by atoms with Crippen molar-refractivity contribution in [3.63, 3.8) is 0 Å². The Morgan fingerprint density at radius 3 is 3.00 bits per heavy atom. The molecule has 2 aromatic rings. The molecule has 0 spiro atoms. The molecular formula is C13H11ClFN3. The van der Waals surface area contributed by atoms with E-state index in [0.29, 0.717) is 0 Å². The lowest BCUT2D eigenvalue weighted by molar-refractivity contribution is 0.602. The number of benzene rings is 1. The van der Waals surface area contributed by atoms with Gasteiger partial charge in [0, 0.05) is 11.7 Å². The first-order valence-corrected chi connectivity index (χ1v) is 6.10. The summed E-state index contributed by atoms with van der Waals surface area (Å²) >= 11 is 5.75. The minimum Gasteiger partial charge on any atom is -0.320 e. The van der Waals surface area contributed by atoms with Crippen molar-refractivity contribution in [2.75, 3.05) is 4.90 Å².